The monoisotopic (exact) mass is 410 g/mol. The Morgan fingerprint density at radius 3 is 2.70 bits per heavy atom. The lowest BCUT2D eigenvalue weighted by atomic mass is 9.95. The van der Waals surface area contributed by atoms with E-state index < -0.39 is 30.2 Å². The number of amides is 4. The summed E-state index contributed by atoms with van der Waals surface area (Å²) in [6, 6.07) is 7.38. The van der Waals surface area contributed by atoms with E-state index in [9.17, 15) is 18.8 Å². The van der Waals surface area contributed by atoms with Gasteiger partial charge in [-0.3, -0.25) is 9.59 Å². The first-order valence-electron chi connectivity index (χ1n) is 10.1. The summed E-state index contributed by atoms with van der Waals surface area (Å²) in [6.07, 6.45) is 11.6. The van der Waals surface area contributed by atoms with Gasteiger partial charge in [0.05, 0.1) is 5.69 Å². The fraction of sp³-hybridized carbons (Fsp3) is 0.318. The predicted octanol–water partition coefficient (Wildman–Crippen LogP) is 3.66. The molecule has 4 rings (SSSR count). The van der Waals surface area contributed by atoms with Gasteiger partial charge in [0.2, 0.25) is 5.91 Å². The van der Waals surface area contributed by atoms with E-state index in [1.807, 2.05) is 18.5 Å². The summed E-state index contributed by atoms with van der Waals surface area (Å²) in [5.41, 5.74) is 0.913. The molecule has 0 radical (unpaired) electrons. The topological polar surface area (TPSA) is 83.4 Å². The van der Waals surface area contributed by atoms with Gasteiger partial charge in [-0.1, -0.05) is 31.4 Å². The first kappa shape index (κ1) is 19.9. The third kappa shape index (κ3) is 4.27. The first-order valence-corrected chi connectivity index (χ1v) is 10.1. The number of hydrogen-bond donors (Lipinski definition) is 2. The van der Waals surface area contributed by atoms with Crippen LogP contribution in [0.5, 0.6) is 0 Å². The van der Waals surface area contributed by atoms with Crippen molar-refractivity contribution in [3.63, 3.8) is 0 Å². The van der Waals surface area contributed by atoms with Crippen molar-refractivity contribution in [2.45, 2.75) is 38.1 Å². The fourth-order valence-corrected chi connectivity index (χ4v) is 3.90. The predicted molar refractivity (Wildman–Crippen MR) is 110 cm³/mol. The van der Waals surface area contributed by atoms with Crippen LogP contribution in [0, 0.1) is 5.82 Å². The molecule has 1 aromatic carbocycles. The van der Waals surface area contributed by atoms with Gasteiger partial charge < -0.3 is 15.2 Å². The van der Waals surface area contributed by atoms with Crippen LogP contribution in [0.1, 0.15) is 43.7 Å². The highest BCUT2D eigenvalue weighted by Gasteiger charge is 2.35. The van der Waals surface area contributed by atoms with Crippen LogP contribution in [0.3, 0.4) is 0 Å². The highest BCUT2D eigenvalue weighted by Crippen LogP contribution is 2.29. The maximum atomic E-state index is 13.7. The minimum absolute atomic E-state index is 0.00521. The summed E-state index contributed by atoms with van der Waals surface area (Å²) >= 11 is 0. The maximum absolute atomic E-state index is 13.7. The Bertz CT molecular complexity index is 1010. The summed E-state index contributed by atoms with van der Waals surface area (Å²) in [5.74, 6) is -1.84. The molecule has 30 heavy (non-hydrogen) atoms. The van der Waals surface area contributed by atoms with Crippen LogP contribution < -0.4 is 10.6 Å². The van der Waals surface area contributed by atoms with Gasteiger partial charge in [-0.25, -0.2) is 14.1 Å². The van der Waals surface area contributed by atoms with E-state index in [-0.39, 0.29) is 11.4 Å². The second-order valence-electron chi connectivity index (χ2n) is 7.59. The molecule has 156 valence electrons. The van der Waals surface area contributed by atoms with Gasteiger partial charge in [0, 0.05) is 18.4 Å². The molecule has 1 aliphatic carbocycles. The number of imide groups is 1. The van der Waals surface area contributed by atoms with Crippen LogP contribution in [0.15, 0.2) is 48.4 Å². The number of rotatable bonds is 5. The molecule has 1 saturated carbocycles. The summed E-state index contributed by atoms with van der Waals surface area (Å²) < 4.78 is 15.8. The zero-order chi connectivity index (χ0) is 21.1. The molecule has 8 heteroatoms. The number of carbonyl (C=O) groups excluding carboxylic acids is 3. The fourth-order valence-electron chi connectivity index (χ4n) is 3.90. The van der Waals surface area contributed by atoms with E-state index >= 15 is 0 Å². The molecule has 2 aromatic rings. The molecule has 4 amide bonds. The molecule has 0 spiro atoms. The van der Waals surface area contributed by atoms with Crippen LogP contribution >= 0.6 is 0 Å². The average molecular weight is 410 g/mol. The summed E-state index contributed by atoms with van der Waals surface area (Å²) in [6.45, 7) is -0.501. The highest BCUT2D eigenvalue weighted by molar-refractivity contribution is 6.15. The molecule has 7 nitrogen and oxygen atoms in total. The zero-order valence-corrected chi connectivity index (χ0v) is 16.4. The van der Waals surface area contributed by atoms with E-state index in [1.165, 1.54) is 37.5 Å². The van der Waals surface area contributed by atoms with Crippen molar-refractivity contribution in [3.05, 3.63) is 59.8 Å². The summed E-state index contributed by atoms with van der Waals surface area (Å²) in [7, 11) is 0. The van der Waals surface area contributed by atoms with Gasteiger partial charge in [0.25, 0.3) is 5.91 Å². The van der Waals surface area contributed by atoms with Gasteiger partial charge in [0.15, 0.2) is 0 Å². The number of hydrogen-bond acceptors (Lipinski definition) is 3. The van der Waals surface area contributed by atoms with Crippen LogP contribution in [0.2, 0.25) is 0 Å². The Kier molecular flexibility index (Phi) is 5.65. The van der Waals surface area contributed by atoms with Gasteiger partial charge in [-0.05, 0) is 42.7 Å². The van der Waals surface area contributed by atoms with Crippen LogP contribution in [-0.4, -0.2) is 33.9 Å². The van der Waals surface area contributed by atoms with E-state index in [2.05, 4.69) is 15.2 Å². The number of aromatic nitrogens is 1. The molecular weight excluding hydrogens is 387 g/mol. The Hall–Kier alpha value is -3.42. The molecule has 1 aromatic heterocycles. The van der Waals surface area contributed by atoms with Crippen molar-refractivity contribution in [1.29, 1.82) is 0 Å². The lowest BCUT2D eigenvalue weighted by Gasteiger charge is -2.23. The molecule has 2 aliphatic rings. The Morgan fingerprint density at radius 2 is 1.93 bits per heavy atom. The molecule has 0 bridgehead atoms. The molecular formula is C22H23FN4O3. The number of nitrogens with one attached hydrogen (secondary N) is 2. The number of carbonyl (C=O) groups is 3. The third-order valence-electron chi connectivity index (χ3n) is 5.46. The van der Waals surface area contributed by atoms with Crippen molar-refractivity contribution in [3.8, 4) is 0 Å². The molecule has 1 saturated heterocycles. The normalized spacial score (nSPS) is 18.7. The molecule has 0 unspecified atom stereocenters. The molecule has 0 atom stereocenters. The average Bonchev–Trinajstić information content (AvgIpc) is 3.31. The van der Waals surface area contributed by atoms with Crippen LogP contribution in [0.25, 0.3) is 6.08 Å². The Morgan fingerprint density at radius 1 is 1.17 bits per heavy atom. The zero-order valence-electron chi connectivity index (χ0n) is 16.4. The lowest BCUT2D eigenvalue weighted by molar-refractivity contribution is -0.127. The van der Waals surface area contributed by atoms with Gasteiger partial charge in [-0.15, -0.1) is 0 Å². The van der Waals surface area contributed by atoms with Crippen molar-refractivity contribution < 1.29 is 18.8 Å². The Balaban J connectivity index is 1.41. The second kappa shape index (κ2) is 8.52. The number of urea groups is 1. The first-order chi connectivity index (χ1) is 14.5. The van der Waals surface area contributed by atoms with Gasteiger partial charge in [0.1, 0.15) is 18.1 Å². The molecule has 2 heterocycles. The number of benzene rings is 1. The second-order valence-corrected chi connectivity index (χ2v) is 7.59. The largest absolute Gasteiger partial charge is 0.351 e. The summed E-state index contributed by atoms with van der Waals surface area (Å²) in [5, 5.41) is 4.88. The van der Waals surface area contributed by atoms with Crippen molar-refractivity contribution in [2.75, 3.05) is 11.9 Å². The lowest BCUT2D eigenvalue weighted by Crippen LogP contribution is -2.38. The standard InChI is InChI=1S/C22H23FN4O3/c23-17-8-4-5-9-18(17)24-20(28)14-27-21(29)19(25-22(27)30)12-15-10-11-26(13-15)16-6-2-1-3-7-16/h4-5,8-13,16H,1-3,6-7,14H2,(H,24,28)(H,25,30)/b19-12+. The number of halogens is 1. The van der Waals surface area contributed by atoms with Gasteiger partial charge >= 0.3 is 6.03 Å². The highest BCUT2D eigenvalue weighted by atomic mass is 19.1. The van der Waals surface area contributed by atoms with Crippen molar-refractivity contribution >= 4 is 29.6 Å². The van der Waals surface area contributed by atoms with E-state index in [4.69, 9.17) is 0 Å². The summed E-state index contributed by atoms with van der Waals surface area (Å²) in [4.78, 5) is 37.8. The van der Waals surface area contributed by atoms with Gasteiger partial charge in [-0.2, -0.15) is 0 Å². The minimum Gasteiger partial charge on any atom is -0.351 e. The van der Waals surface area contributed by atoms with Crippen LogP contribution in [0.4, 0.5) is 14.9 Å². The Labute approximate surface area is 173 Å². The van der Waals surface area contributed by atoms with Crippen molar-refractivity contribution in [2.24, 2.45) is 0 Å². The van der Waals surface area contributed by atoms with E-state index in [0.29, 0.717) is 6.04 Å². The number of para-hydroxylation sites is 1. The van der Waals surface area contributed by atoms with Crippen LogP contribution in [-0.2, 0) is 9.59 Å². The maximum Gasteiger partial charge on any atom is 0.329 e. The SMILES string of the molecule is O=C(CN1C(=O)N/C(=C/c2ccn(C3CCCCC3)c2)C1=O)Nc1ccccc1F. The molecule has 1 aliphatic heterocycles. The smallest absolute Gasteiger partial charge is 0.329 e. The van der Waals surface area contributed by atoms with Crippen molar-refractivity contribution in [1.82, 2.24) is 14.8 Å². The number of nitrogens with zero attached hydrogens (tertiary/aromatic N) is 2. The molecule has 2 fully saturated rings. The minimum atomic E-state index is -0.679. The number of anilines is 1. The van der Waals surface area contributed by atoms with E-state index in [1.54, 1.807) is 12.1 Å². The van der Waals surface area contributed by atoms with E-state index in [0.717, 1.165) is 23.3 Å². The molecule has 2 N–H and O–H groups in total. The quantitative estimate of drug-likeness (QED) is 0.583. The third-order valence-corrected chi connectivity index (χ3v) is 5.46.